The number of hydrogen-bond acceptors (Lipinski definition) is 4. The van der Waals surface area contributed by atoms with E-state index in [0.717, 1.165) is 0 Å². The summed E-state index contributed by atoms with van der Waals surface area (Å²) in [6.07, 6.45) is -3.09. The van der Waals surface area contributed by atoms with E-state index < -0.39 is 12.3 Å². The highest BCUT2D eigenvalue weighted by atomic mass is 19.3. The summed E-state index contributed by atoms with van der Waals surface area (Å²) in [6.45, 7) is 1.48. The Hall–Kier alpha value is -1.53. The largest absolute Gasteiger partial charge is 0.408 e. The summed E-state index contributed by atoms with van der Waals surface area (Å²) in [4.78, 5) is 10.3. The van der Waals surface area contributed by atoms with Crippen molar-refractivity contribution in [3.05, 3.63) is 5.89 Å². The van der Waals surface area contributed by atoms with Crippen molar-refractivity contribution in [3.8, 4) is 0 Å². The Morgan fingerprint density at radius 3 is 2.67 bits per heavy atom. The Labute approximate surface area is 65.8 Å². The highest BCUT2D eigenvalue weighted by molar-refractivity contribution is 5.90. The molecule has 12 heavy (non-hydrogen) atoms. The number of halogens is 2. The number of carbonyl (C=O) groups excluding carboxylic acids is 1. The molecule has 1 aromatic rings. The first-order valence-electron chi connectivity index (χ1n) is 2.98. The number of alkyl halides is 2. The van der Waals surface area contributed by atoms with Gasteiger partial charge in [-0.3, -0.25) is 10.1 Å². The summed E-state index contributed by atoms with van der Waals surface area (Å²) >= 11 is 0. The van der Waals surface area contributed by atoms with Gasteiger partial charge < -0.3 is 4.42 Å². The normalized spacial score (nSPS) is 10.3. The van der Waals surface area contributed by atoms with Gasteiger partial charge >= 0.3 is 12.4 Å². The number of nitrogens with zero attached hydrogens (tertiary/aromatic N) is 2. The molecule has 0 aliphatic carbocycles. The van der Waals surface area contributed by atoms with Gasteiger partial charge in [0.05, 0.1) is 0 Å². The van der Waals surface area contributed by atoms with Gasteiger partial charge in [-0.15, -0.1) is 5.10 Å². The number of amides is 1. The van der Waals surface area contributed by atoms with Crippen LogP contribution < -0.4 is 5.32 Å². The molecule has 0 atom stereocenters. The molecule has 5 nitrogen and oxygen atoms in total. The van der Waals surface area contributed by atoms with Crippen LogP contribution in [0.15, 0.2) is 4.42 Å². The zero-order chi connectivity index (χ0) is 9.14. The Bertz CT molecular complexity index is 286. The molecule has 0 aromatic carbocycles. The van der Waals surface area contributed by atoms with Crippen molar-refractivity contribution in [3.63, 3.8) is 0 Å². The van der Waals surface area contributed by atoms with Crippen LogP contribution in [0.1, 0.15) is 5.89 Å². The van der Waals surface area contributed by atoms with Gasteiger partial charge in [0.25, 0.3) is 5.91 Å². The van der Waals surface area contributed by atoms with Crippen LogP contribution in [0.3, 0.4) is 0 Å². The topological polar surface area (TPSA) is 68.0 Å². The van der Waals surface area contributed by atoms with E-state index in [1.807, 2.05) is 0 Å². The number of aromatic nitrogens is 2. The van der Waals surface area contributed by atoms with E-state index in [1.54, 1.807) is 5.32 Å². The fourth-order valence-corrected chi connectivity index (χ4v) is 0.507. The van der Waals surface area contributed by atoms with E-state index in [-0.39, 0.29) is 11.9 Å². The van der Waals surface area contributed by atoms with Gasteiger partial charge in [-0.2, -0.15) is 8.78 Å². The predicted octanol–water partition coefficient (Wildman–Crippen LogP) is 0.582. The highest BCUT2D eigenvalue weighted by Gasteiger charge is 2.17. The summed E-state index contributed by atoms with van der Waals surface area (Å²) in [6, 6.07) is -0.321. The van der Waals surface area contributed by atoms with Crippen LogP contribution in [0.5, 0.6) is 0 Å². The van der Waals surface area contributed by atoms with Crippen LogP contribution in [0, 0.1) is 6.92 Å². The first kappa shape index (κ1) is 8.57. The first-order valence-corrected chi connectivity index (χ1v) is 2.98. The second kappa shape index (κ2) is 3.24. The Morgan fingerprint density at radius 1 is 1.58 bits per heavy atom. The van der Waals surface area contributed by atoms with E-state index in [1.165, 1.54) is 6.92 Å². The molecule has 1 amide bonds. The van der Waals surface area contributed by atoms with E-state index in [9.17, 15) is 13.6 Å². The number of nitrogens with one attached hydrogen (secondary N) is 1. The van der Waals surface area contributed by atoms with Crippen LogP contribution in [-0.4, -0.2) is 22.5 Å². The molecule has 0 unspecified atom stereocenters. The third-order valence-electron chi connectivity index (χ3n) is 0.954. The maximum Gasteiger partial charge on any atom is 0.322 e. The van der Waals surface area contributed by atoms with Crippen LogP contribution in [-0.2, 0) is 4.79 Å². The van der Waals surface area contributed by atoms with Crippen molar-refractivity contribution < 1.29 is 18.0 Å². The van der Waals surface area contributed by atoms with E-state index in [0.29, 0.717) is 0 Å². The van der Waals surface area contributed by atoms with Crippen molar-refractivity contribution in [2.75, 3.05) is 5.32 Å². The lowest BCUT2D eigenvalue weighted by atomic mass is 10.6. The standard InChI is InChI=1S/C5H5F2N3O2/c1-2-9-10-5(12-2)8-4(11)3(6)7/h3H,1H3,(H,8,10,11). The van der Waals surface area contributed by atoms with E-state index in [4.69, 9.17) is 0 Å². The zero-order valence-electron chi connectivity index (χ0n) is 6.04. The summed E-state index contributed by atoms with van der Waals surface area (Å²) in [5, 5.41) is 8.34. The predicted molar refractivity (Wildman–Crippen MR) is 33.7 cm³/mol. The minimum atomic E-state index is -3.09. The maximum absolute atomic E-state index is 11.6. The third-order valence-corrected chi connectivity index (χ3v) is 0.954. The first-order chi connectivity index (χ1) is 5.59. The molecule has 7 heteroatoms. The molecule has 0 radical (unpaired) electrons. The van der Waals surface area contributed by atoms with Gasteiger partial charge in [-0.25, -0.2) is 0 Å². The minimum absolute atomic E-state index is 0.194. The minimum Gasteiger partial charge on any atom is -0.408 e. The second-order valence-electron chi connectivity index (χ2n) is 1.92. The Morgan fingerprint density at radius 2 is 2.25 bits per heavy atom. The lowest BCUT2D eigenvalue weighted by Crippen LogP contribution is -2.20. The molecular formula is C5H5F2N3O2. The lowest BCUT2D eigenvalue weighted by molar-refractivity contribution is -0.126. The number of hydrogen-bond donors (Lipinski definition) is 1. The van der Waals surface area contributed by atoms with Gasteiger partial charge in [0.1, 0.15) is 0 Å². The molecule has 0 fully saturated rings. The van der Waals surface area contributed by atoms with Crippen LogP contribution in [0.2, 0.25) is 0 Å². The number of carbonyl (C=O) groups is 1. The van der Waals surface area contributed by atoms with Gasteiger partial charge in [-0.1, -0.05) is 5.10 Å². The molecule has 1 heterocycles. The average Bonchev–Trinajstić information content (AvgIpc) is 2.35. The molecule has 1 aromatic heterocycles. The molecular weight excluding hydrogens is 172 g/mol. The number of rotatable bonds is 2. The van der Waals surface area contributed by atoms with Gasteiger partial charge in [0, 0.05) is 6.92 Å². The van der Waals surface area contributed by atoms with Crippen LogP contribution in [0.4, 0.5) is 14.8 Å². The van der Waals surface area contributed by atoms with Crippen LogP contribution in [0.25, 0.3) is 0 Å². The third kappa shape index (κ3) is 1.97. The molecule has 0 spiro atoms. The van der Waals surface area contributed by atoms with E-state index in [2.05, 4.69) is 14.6 Å². The summed E-state index contributed by atoms with van der Waals surface area (Å²) in [7, 11) is 0. The fraction of sp³-hybridized carbons (Fsp3) is 0.400. The smallest absolute Gasteiger partial charge is 0.322 e. The van der Waals surface area contributed by atoms with Gasteiger partial charge in [0.15, 0.2) is 0 Å². The van der Waals surface area contributed by atoms with Gasteiger partial charge in [-0.05, 0) is 0 Å². The summed E-state index contributed by atoms with van der Waals surface area (Å²) in [5.41, 5.74) is 0. The summed E-state index contributed by atoms with van der Waals surface area (Å²) in [5.74, 6) is -1.27. The van der Waals surface area contributed by atoms with Crippen LogP contribution >= 0.6 is 0 Å². The van der Waals surface area contributed by atoms with E-state index >= 15 is 0 Å². The molecule has 0 aliphatic heterocycles. The molecule has 1 N–H and O–H groups in total. The van der Waals surface area contributed by atoms with Crippen molar-refractivity contribution in [1.82, 2.24) is 10.2 Å². The molecule has 0 saturated heterocycles. The second-order valence-corrected chi connectivity index (χ2v) is 1.92. The van der Waals surface area contributed by atoms with Crippen molar-refractivity contribution >= 4 is 11.9 Å². The van der Waals surface area contributed by atoms with Crippen molar-refractivity contribution in [1.29, 1.82) is 0 Å². The lowest BCUT2D eigenvalue weighted by Gasteiger charge is -1.95. The molecule has 1 rings (SSSR count). The average molecular weight is 177 g/mol. The SMILES string of the molecule is Cc1nnc(NC(=O)C(F)F)o1. The Kier molecular flexibility index (Phi) is 2.32. The maximum atomic E-state index is 11.6. The number of aryl methyl sites for hydroxylation is 1. The quantitative estimate of drug-likeness (QED) is 0.717. The summed E-state index contributed by atoms with van der Waals surface area (Å²) < 4.78 is 27.9. The molecule has 66 valence electrons. The van der Waals surface area contributed by atoms with Gasteiger partial charge in [0.2, 0.25) is 5.89 Å². The molecule has 0 aliphatic rings. The monoisotopic (exact) mass is 177 g/mol. The highest BCUT2D eigenvalue weighted by Crippen LogP contribution is 2.05. The zero-order valence-corrected chi connectivity index (χ0v) is 6.04. The molecule has 0 saturated carbocycles. The van der Waals surface area contributed by atoms with Crippen molar-refractivity contribution in [2.24, 2.45) is 0 Å². The number of anilines is 1. The Balaban J connectivity index is 2.58. The van der Waals surface area contributed by atoms with Crippen molar-refractivity contribution in [2.45, 2.75) is 13.3 Å². The fourth-order valence-electron chi connectivity index (χ4n) is 0.507. The molecule has 0 bridgehead atoms.